The molecule has 0 atom stereocenters. The van der Waals surface area contributed by atoms with Gasteiger partial charge in [-0.3, -0.25) is 4.98 Å². The minimum absolute atomic E-state index is 0.284. The monoisotopic (exact) mass is 259 g/mol. The van der Waals surface area contributed by atoms with Gasteiger partial charge in [-0.1, -0.05) is 0 Å². The normalized spacial score (nSPS) is 18.7. The first-order chi connectivity index (χ1) is 9.16. The Labute approximate surface area is 109 Å². The van der Waals surface area contributed by atoms with E-state index in [2.05, 4.69) is 9.98 Å². The van der Waals surface area contributed by atoms with Crippen LogP contribution < -0.4 is 0 Å². The molecule has 1 aliphatic heterocycles. The first-order valence-electron chi connectivity index (χ1n) is 5.85. The van der Waals surface area contributed by atoms with E-state index < -0.39 is 11.7 Å². The van der Waals surface area contributed by atoms with E-state index in [0.29, 0.717) is 11.5 Å². The Morgan fingerprint density at radius 3 is 2.84 bits per heavy atom. The van der Waals surface area contributed by atoms with Gasteiger partial charge in [0.25, 0.3) is 0 Å². The molecule has 3 rings (SSSR count). The molecule has 1 aromatic heterocycles. The summed E-state index contributed by atoms with van der Waals surface area (Å²) in [4.78, 5) is 10.0. The van der Waals surface area contributed by atoms with Crippen LogP contribution in [-0.4, -0.2) is 22.8 Å². The Bertz CT molecular complexity index is 642. The Balaban J connectivity index is 2.14. The number of nitrogens with zero attached hydrogens (tertiary/aromatic N) is 3. The zero-order valence-corrected chi connectivity index (χ0v) is 10.3. The number of halogens is 2. The zero-order chi connectivity index (χ0) is 13.4. The van der Waals surface area contributed by atoms with Crippen LogP contribution in [0.25, 0.3) is 0 Å². The van der Waals surface area contributed by atoms with Crippen molar-refractivity contribution in [1.82, 2.24) is 9.88 Å². The second-order valence-electron chi connectivity index (χ2n) is 4.35. The average molecular weight is 259 g/mol. The van der Waals surface area contributed by atoms with E-state index in [1.807, 2.05) is 6.07 Å². The van der Waals surface area contributed by atoms with Gasteiger partial charge in [-0.2, -0.15) is 0 Å². The maximum absolute atomic E-state index is 13.9. The summed E-state index contributed by atoms with van der Waals surface area (Å²) in [6.45, 7) is 0. The molecule has 0 radical (unpaired) electrons. The summed E-state index contributed by atoms with van der Waals surface area (Å²) in [6, 6.07) is 3.62. The third-order valence-corrected chi connectivity index (χ3v) is 3.13. The van der Waals surface area contributed by atoms with E-state index in [4.69, 9.17) is 0 Å². The molecular weight excluding hydrogens is 248 g/mol. The van der Waals surface area contributed by atoms with Crippen LogP contribution in [0.2, 0.25) is 0 Å². The van der Waals surface area contributed by atoms with Crippen LogP contribution in [0.1, 0.15) is 12.0 Å². The highest BCUT2D eigenvalue weighted by atomic mass is 19.2. The van der Waals surface area contributed by atoms with Crippen LogP contribution in [-0.2, 0) is 0 Å². The molecule has 0 saturated carbocycles. The molecule has 0 spiro atoms. The van der Waals surface area contributed by atoms with Crippen molar-refractivity contribution in [1.29, 1.82) is 0 Å². The number of aromatic nitrogens is 1. The number of amidine groups is 1. The number of hydrogen-bond acceptors (Lipinski definition) is 3. The molecule has 0 unspecified atom stereocenters. The van der Waals surface area contributed by atoms with Gasteiger partial charge >= 0.3 is 0 Å². The van der Waals surface area contributed by atoms with E-state index >= 15 is 0 Å². The highest BCUT2D eigenvalue weighted by Gasteiger charge is 2.27. The molecule has 1 aromatic rings. The highest BCUT2D eigenvalue weighted by Crippen LogP contribution is 2.33. The van der Waals surface area contributed by atoms with Crippen LogP contribution in [0.5, 0.6) is 0 Å². The number of rotatable bonds is 1. The zero-order valence-electron chi connectivity index (χ0n) is 10.3. The van der Waals surface area contributed by atoms with Gasteiger partial charge in [0, 0.05) is 37.1 Å². The quantitative estimate of drug-likeness (QED) is 0.775. The molecule has 2 heterocycles. The molecule has 0 fully saturated rings. The number of fused-ring (bicyclic) bond motifs is 2. The molecule has 19 heavy (non-hydrogen) atoms. The summed E-state index contributed by atoms with van der Waals surface area (Å²) in [6.07, 6.45) is 6.21. The minimum Gasteiger partial charge on any atom is -0.329 e. The van der Waals surface area contributed by atoms with E-state index in [0.717, 1.165) is 11.6 Å². The molecule has 0 aromatic carbocycles. The van der Waals surface area contributed by atoms with Crippen LogP contribution in [0.3, 0.4) is 0 Å². The van der Waals surface area contributed by atoms with Crippen molar-refractivity contribution in [2.75, 3.05) is 7.05 Å². The number of allylic oxidation sites excluding steroid dienone is 4. The Kier molecular flexibility index (Phi) is 2.74. The largest absolute Gasteiger partial charge is 0.329 e. The standard InChI is InChI=1S/C14H11F2N3/c1-19-12-7-10(4-5-11(15)13(12)16)18-14(19)9-3-2-6-17-8-9/h2-6,8H,7H2,1H3. The summed E-state index contributed by atoms with van der Waals surface area (Å²) in [5.41, 5.74) is 1.68. The fraction of sp³-hybridized carbons (Fsp3) is 0.143. The van der Waals surface area contributed by atoms with Gasteiger partial charge in [-0.05, 0) is 24.3 Å². The molecule has 96 valence electrons. The molecule has 0 N–H and O–H groups in total. The van der Waals surface area contributed by atoms with Crippen LogP contribution in [0.15, 0.2) is 64.7 Å². The fourth-order valence-electron chi connectivity index (χ4n) is 2.12. The SMILES string of the molecule is CN1C(c2cccnc2)=NC2=CC=C(F)C(F)=C1C2. The van der Waals surface area contributed by atoms with Crippen molar-refractivity contribution >= 4 is 5.84 Å². The van der Waals surface area contributed by atoms with Crippen molar-refractivity contribution in [2.45, 2.75) is 6.42 Å². The molecule has 2 bridgehead atoms. The predicted molar refractivity (Wildman–Crippen MR) is 68.6 cm³/mol. The Morgan fingerprint density at radius 2 is 2.11 bits per heavy atom. The van der Waals surface area contributed by atoms with Crippen molar-refractivity contribution in [3.63, 3.8) is 0 Å². The van der Waals surface area contributed by atoms with Crippen molar-refractivity contribution < 1.29 is 8.78 Å². The summed E-state index contributed by atoms with van der Waals surface area (Å²) in [5, 5.41) is 0. The molecule has 0 amide bonds. The third kappa shape index (κ3) is 1.97. The van der Waals surface area contributed by atoms with Crippen molar-refractivity contribution in [2.24, 2.45) is 4.99 Å². The van der Waals surface area contributed by atoms with E-state index in [9.17, 15) is 8.78 Å². The molecule has 0 saturated heterocycles. The second-order valence-corrected chi connectivity index (χ2v) is 4.35. The fourth-order valence-corrected chi connectivity index (χ4v) is 2.12. The molecular formula is C14H11F2N3. The van der Waals surface area contributed by atoms with Crippen LogP contribution in [0.4, 0.5) is 8.78 Å². The lowest BCUT2D eigenvalue weighted by Gasteiger charge is -2.28. The Morgan fingerprint density at radius 1 is 1.26 bits per heavy atom. The molecule has 5 heteroatoms. The van der Waals surface area contributed by atoms with Crippen LogP contribution >= 0.6 is 0 Å². The minimum atomic E-state index is -0.862. The van der Waals surface area contributed by atoms with Gasteiger partial charge in [0.2, 0.25) is 0 Å². The van der Waals surface area contributed by atoms with E-state index in [1.54, 1.807) is 30.4 Å². The lowest BCUT2D eigenvalue weighted by molar-refractivity contribution is 0.486. The maximum Gasteiger partial charge on any atom is 0.178 e. The van der Waals surface area contributed by atoms with Crippen molar-refractivity contribution in [3.8, 4) is 0 Å². The van der Waals surface area contributed by atoms with Gasteiger partial charge in [0.15, 0.2) is 11.7 Å². The smallest absolute Gasteiger partial charge is 0.178 e. The van der Waals surface area contributed by atoms with Gasteiger partial charge in [0.1, 0.15) is 5.84 Å². The lowest BCUT2D eigenvalue weighted by Crippen LogP contribution is -2.31. The van der Waals surface area contributed by atoms with Gasteiger partial charge in [0.05, 0.1) is 5.70 Å². The van der Waals surface area contributed by atoms with Gasteiger partial charge in [-0.25, -0.2) is 13.8 Å². The highest BCUT2D eigenvalue weighted by molar-refractivity contribution is 6.01. The summed E-state index contributed by atoms with van der Waals surface area (Å²) in [7, 11) is 1.68. The number of aliphatic imine (C=N–C) groups is 1. The summed E-state index contributed by atoms with van der Waals surface area (Å²) >= 11 is 0. The Hall–Kier alpha value is -2.30. The first kappa shape index (κ1) is 11.8. The average Bonchev–Trinajstić information content (AvgIpc) is 2.56. The van der Waals surface area contributed by atoms with E-state index in [-0.39, 0.29) is 12.1 Å². The van der Waals surface area contributed by atoms with Crippen LogP contribution in [0, 0.1) is 0 Å². The molecule has 3 nitrogen and oxygen atoms in total. The number of hydrogen-bond donors (Lipinski definition) is 0. The second kappa shape index (κ2) is 4.42. The van der Waals surface area contributed by atoms with Crippen molar-refractivity contribution in [3.05, 3.63) is 65.3 Å². The first-order valence-corrected chi connectivity index (χ1v) is 5.85. The third-order valence-electron chi connectivity index (χ3n) is 3.13. The van der Waals surface area contributed by atoms with E-state index in [1.165, 1.54) is 6.08 Å². The maximum atomic E-state index is 13.9. The predicted octanol–water partition coefficient (Wildman–Crippen LogP) is 3.10. The van der Waals surface area contributed by atoms with Gasteiger partial charge in [-0.15, -0.1) is 0 Å². The number of pyridine rings is 1. The molecule has 1 aliphatic carbocycles. The topological polar surface area (TPSA) is 28.5 Å². The lowest BCUT2D eigenvalue weighted by atomic mass is 10.1. The van der Waals surface area contributed by atoms with Gasteiger partial charge < -0.3 is 4.90 Å². The molecule has 2 aliphatic rings. The summed E-state index contributed by atoms with van der Waals surface area (Å²) in [5.74, 6) is -1.12. The summed E-state index contributed by atoms with van der Waals surface area (Å²) < 4.78 is 27.4.